The summed E-state index contributed by atoms with van der Waals surface area (Å²) in [7, 11) is -3.29. The number of rotatable bonds is 4. The third-order valence-electron chi connectivity index (χ3n) is 4.40. The number of sulfone groups is 1. The molecule has 1 unspecified atom stereocenters. The number of amides is 1. The Morgan fingerprint density at radius 1 is 1.28 bits per heavy atom. The predicted molar refractivity (Wildman–Crippen MR) is 96.6 cm³/mol. The molecule has 25 heavy (non-hydrogen) atoms. The standard InChI is InChI=1S/C17H20ClN3O3S/c1-10(2)25(23,24)9-15-20-14-7-12(8-19-17(22)16(14)21-15)11-3-5-13(18)6-4-11/h3-6,10,12H,7-9H2,1-2H3,(H,19,22)(H,20,21). The van der Waals surface area contributed by atoms with E-state index in [1.165, 1.54) is 0 Å². The molecule has 3 rings (SSSR count). The molecule has 0 fully saturated rings. The van der Waals surface area contributed by atoms with Gasteiger partial charge in [0.1, 0.15) is 17.3 Å². The Morgan fingerprint density at radius 3 is 2.60 bits per heavy atom. The molecule has 0 radical (unpaired) electrons. The van der Waals surface area contributed by atoms with Gasteiger partial charge >= 0.3 is 0 Å². The summed E-state index contributed by atoms with van der Waals surface area (Å²) in [6, 6.07) is 7.51. The topological polar surface area (TPSA) is 91.9 Å². The molecule has 1 aromatic heterocycles. The van der Waals surface area contributed by atoms with Gasteiger partial charge in [-0.1, -0.05) is 23.7 Å². The molecular weight excluding hydrogens is 362 g/mol. The maximum Gasteiger partial charge on any atom is 0.271 e. The largest absolute Gasteiger partial charge is 0.350 e. The van der Waals surface area contributed by atoms with Gasteiger partial charge in [0, 0.05) is 23.2 Å². The smallest absolute Gasteiger partial charge is 0.271 e. The summed E-state index contributed by atoms with van der Waals surface area (Å²) in [5.74, 6) is -0.102. The van der Waals surface area contributed by atoms with E-state index in [0.29, 0.717) is 29.5 Å². The second-order valence-corrected chi connectivity index (χ2v) is 9.52. The summed E-state index contributed by atoms with van der Waals surface area (Å²) in [5, 5.41) is 3.02. The summed E-state index contributed by atoms with van der Waals surface area (Å²) >= 11 is 5.93. The molecule has 0 spiro atoms. The zero-order valence-electron chi connectivity index (χ0n) is 14.0. The molecule has 134 valence electrons. The van der Waals surface area contributed by atoms with Gasteiger partial charge in [0.05, 0.1) is 5.25 Å². The van der Waals surface area contributed by atoms with Gasteiger partial charge in [0.25, 0.3) is 5.91 Å². The average Bonchev–Trinajstić information content (AvgIpc) is 2.86. The number of fused-ring (bicyclic) bond motifs is 1. The van der Waals surface area contributed by atoms with Gasteiger partial charge in [-0.15, -0.1) is 0 Å². The lowest BCUT2D eigenvalue weighted by Crippen LogP contribution is -2.26. The molecule has 1 aliphatic rings. The van der Waals surface area contributed by atoms with E-state index in [1.807, 2.05) is 24.3 Å². The van der Waals surface area contributed by atoms with Crippen LogP contribution in [0.25, 0.3) is 0 Å². The maximum absolute atomic E-state index is 12.3. The summed E-state index contributed by atoms with van der Waals surface area (Å²) < 4.78 is 24.2. The van der Waals surface area contributed by atoms with Crippen molar-refractivity contribution in [2.75, 3.05) is 6.54 Å². The zero-order valence-corrected chi connectivity index (χ0v) is 15.6. The summed E-state index contributed by atoms with van der Waals surface area (Å²) in [6.07, 6.45) is 0.574. The van der Waals surface area contributed by atoms with Crippen LogP contribution in [0.4, 0.5) is 0 Å². The number of halogens is 1. The molecule has 2 N–H and O–H groups in total. The fourth-order valence-corrected chi connectivity index (χ4v) is 3.79. The Bertz CT molecular complexity index is 888. The number of H-pyrrole nitrogens is 1. The molecular formula is C17H20ClN3O3S. The van der Waals surface area contributed by atoms with Crippen LogP contribution in [0.15, 0.2) is 24.3 Å². The number of hydrogen-bond acceptors (Lipinski definition) is 4. The highest BCUT2D eigenvalue weighted by Crippen LogP contribution is 2.26. The highest BCUT2D eigenvalue weighted by Gasteiger charge is 2.28. The number of carbonyl (C=O) groups is 1. The van der Waals surface area contributed by atoms with Gasteiger partial charge in [0.15, 0.2) is 9.84 Å². The number of hydrogen-bond donors (Lipinski definition) is 2. The molecule has 1 aliphatic heterocycles. The second-order valence-electron chi connectivity index (χ2n) is 6.53. The van der Waals surface area contributed by atoms with Crippen LogP contribution in [0, 0.1) is 0 Å². The third kappa shape index (κ3) is 3.88. The van der Waals surface area contributed by atoms with E-state index >= 15 is 0 Å². The van der Waals surface area contributed by atoms with Crippen molar-refractivity contribution in [3.63, 3.8) is 0 Å². The number of aromatic amines is 1. The van der Waals surface area contributed by atoms with Gasteiger partial charge < -0.3 is 10.3 Å². The molecule has 2 aromatic rings. The van der Waals surface area contributed by atoms with Gasteiger partial charge in [-0.2, -0.15) is 0 Å². The van der Waals surface area contributed by atoms with Crippen LogP contribution in [-0.2, 0) is 22.0 Å². The van der Waals surface area contributed by atoms with E-state index < -0.39 is 15.1 Å². The third-order valence-corrected chi connectivity index (χ3v) is 6.76. The Labute approximate surface area is 151 Å². The number of nitrogens with zero attached hydrogens (tertiary/aromatic N) is 1. The molecule has 2 heterocycles. The van der Waals surface area contributed by atoms with Crippen molar-refractivity contribution in [3.05, 3.63) is 52.1 Å². The van der Waals surface area contributed by atoms with E-state index in [9.17, 15) is 13.2 Å². The van der Waals surface area contributed by atoms with Crippen molar-refractivity contribution in [1.82, 2.24) is 15.3 Å². The summed E-state index contributed by atoms with van der Waals surface area (Å²) in [5.41, 5.74) is 2.01. The lowest BCUT2D eigenvalue weighted by atomic mass is 9.94. The highest BCUT2D eigenvalue weighted by atomic mass is 35.5. The molecule has 6 nitrogen and oxygen atoms in total. The van der Waals surface area contributed by atoms with Crippen LogP contribution >= 0.6 is 11.6 Å². The summed E-state index contributed by atoms with van der Waals surface area (Å²) in [6.45, 7) is 3.75. The Kier molecular flexibility index (Phi) is 4.88. The van der Waals surface area contributed by atoms with Crippen LogP contribution in [0.1, 0.15) is 47.3 Å². The van der Waals surface area contributed by atoms with E-state index in [4.69, 9.17) is 11.6 Å². The first kappa shape index (κ1) is 17.9. The van der Waals surface area contributed by atoms with Crippen molar-refractivity contribution < 1.29 is 13.2 Å². The minimum absolute atomic E-state index is 0.0671. The first-order valence-electron chi connectivity index (χ1n) is 8.09. The van der Waals surface area contributed by atoms with Crippen LogP contribution in [0.3, 0.4) is 0 Å². The van der Waals surface area contributed by atoms with Gasteiger partial charge in [-0.25, -0.2) is 13.4 Å². The number of carbonyl (C=O) groups excluding carboxylic acids is 1. The van der Waals surface area contributed by atoms with Gasteiger partial charge in [-0.05, 0) is 38.0 Å². The van der Waals surface area contributed by atoms with Crippen molar-refractivity contribution in [3.8, 4) is 0 Å². The van der Waals surface area contributed by atoms with E-state index in [0.717, 1.165) is 5.56 Å². The van der Waals surface area contributed by atoms with Gasteiger partial charge in [-0.3, -0.25) is 4.79 Å². The molecule has 1 atom stereocenters. The number of nitrogens with one attached hydrogen (secondary N) is 2. The number of benzene rings is 1. The minimum Gasteiger partial charge on any atom is -0.350 e. The monoisotopic (exact) mass is 381 g/mol. The average molecular weight is 382 g/mol. The van der Waals surface area contributed by atoms with E-state index in [1.54, 1.807) is 13.8 Å². The SMILES string of the molecule is CC(C)S(=O)(=O)Cc1nc2c([nH]1)CC(c1ccc(Cl)cc1)CNC2=O. The van der Waals surface area contributed by atoms with Crippen LogP contribution in [0.2, 0.25) is 5.02 Å². The highest BCUT2D eigenvalue weighted by molar-refractivity contribution is 7.91. The van der Waals surface area contributed by atoms with Crippen molar-refractivity contribution in [2.45, 2.75) is 37.2 Å². The zero-order chi connectivity index (χ0) is 18.2. The van der Waals surface area contributed by atoms with E-state index in [2.05, 4.69) is 15.3 Å². The van der Waals surface area contributed by atoms with Crippen LogP contribution in [-0.4, -0.2) is 36.1 Å². The first-order chi connectivity index (χ1) is 11.8. The van der Waals surface area contributed by atoms with Crippen molar-refractivity contribution in [2.24, 2.45) is 0 Å². The van der Waals surface area contributed by atoms with Crippen LogP contribution < -0.4 is 5.32 Å². The summed E-state index contributed by atoms with van der Waals surface area (Å²) in [4.78, 5) is 19.6. The van der Waals surface area contributed by atoms with Gasteiger partial charge in [0.2, 0.25) is 0 Å². The lowest BCUT2D eigenvalue weighted by Gasteiger charge is -2.14. The maximum atomic E-state index is 12.3. The molecule has 0 saturated heterocycles. The fourth-order valence-electron chi connectivity index (χ4n) is 2.81. The fraction of sp³-hybridized carbons (Fsp3) is 0.412. The predicted octanol–water partition coefficient (Wildman–Crippen LogP) is 2.46. The molecule has 0 aliphatic carbocycles. The van der Waals surface area contributed by atoms with Crippen LogP contribution in [0.5, 0.6) is 0 Å². The molecule has 0 saturated carbocycles. The second kappa shape index (κ2) is 6.80. The quantitative estimate of drug-likeness (QED) is 0.850. The first-order valence-corrected chi connectivity index (χ1v) is 10.2. The number of aromatic nitrogens is 2. The lowest BCUT2D eigenvalue weighted by molar-refractivity contribution is 0.0950. The molecule has 8 heteroatoms. The Morgan fingerprint density at radius 2 is 1.96 bits per heavy atom. The van der Waals surface area contributed by atoms with Crippen molar-refractivity contribution >= 4 is 27.3 Å². The molecule has 1 aromatic carbocycles. The van der Waals surface area contributed by atoms with E-state index in [-0.39, 0.29) is 23.3 Å². The minimum atomic E-state index is -3.29. The number of imidazole rings is 1. The Hall–Kier alpha value is -1.86. The van der Waals surface area contributed by atoms with Crippen molar-refractivity contribution in [1.29, 1.82) is 0 Å². The molecule has 0 bridgehead atoms. The normalized spacial score (nSPS) is 17.9. The molecule has 1 amide bonds. The Balaban J connectivity index is 1.89.